The highest BCUT2D eigenvalue weighted by Gasteiger charge is 2.29. The first kappa shape index (κ1) is 13.3. The van der Waals surface area contributed by atoms with Crippen molar-refractivity contribution in [1.82, 2.24) is 5.32 Å². The molecule has 0 spiro atoms. The first-order valence-corrected chi connectivity index (χ1v) is 6.95. The maximum Gasteiger partial charge on any atom is 0.162 e. The van der Waals surface area contributed by atoms with Crippen LogP contribution in [0.1, 0.15) is 31.7 Å². The van der Waals surface area contributed by atoms with Crippen molar-refractivity contribution >= 4 is 22.9 Å². The second kappa shape index (κ2) is 5.24. The number of rotatable bonds is 3. The van der Waals surface area contributed by atoms with Crippen LogP contribution in [0.2, 0.25) is 4.34 Å². The molecule has 0 aliphatic carbocycles. The molecule has 1 unspecified atom stereocenters. The van der Waals surface area contributed by atoms with Gasteiger partial charge >= 0.3 is 0 Å². The molecule has 3 nitrogen and oxygen atoms in total. The topological polar surface area (TPSA) is 30.5 Å². The Balaban J connectivity index is 1.86. The summed E-state index contributed by atoms with van der Waals surface area (Å²) in [5.41, 5.74) is 0. The van der Waals surface area contributed by atoms with Gasteiger partial charge in [0, 0.05) is 10.9 Å². The lowest BCUT2D eigenvalue weighted by atomic mass is 10.2. The summed E-state index contributed by atoms with van der Waals surface area (Å²) in [5, 5.41) is 3.49. The third-order valence-electron chi connectivity index (χ3n) is 2.77. The SMILES string of the molecule is CC(NC1COC(C)(C)OC1)c1ccc(Cl)s1. The number of halogens is 1. The standard InChI is InChI=1S/C12H18ClNO2S/c1-8(10-4-5-11(13)17-10)14-9-6-15-12(2,3)16-7-9/h4-5,8-9,14H,6-7H2,1-3H3. The summed E-state index contributed by atoms with van der Waals surface area (Å²) in [6.07, 6.45) is 0. The van der Waals surface area contributed by atoms with E-state index in [1.807, 2.05) is 19.9 Å². The van der Waals surface area contributed by atoms with Gasteiger partial charge in [-0.1, -0.05) is 11.6 Å². The van der Waals surface area contributed by atoms with Crippen molar-refractivity contribution in [3.8, 4) is 0 Å². The molecule has 1 atom stereocenters. The predicted octanol–water partition coefficient (Wildman–Crippen LogP) is 3.20. The van der Waals surface area contributed by atoms with Crippen LogP contribution in [0, 0.1) is 0 Å². The Morgan fingerprint density at radius 2 is 2.06 bits per heavy atom. The van der Waals surface area contributed by atoms with Crippen molar-refractivity contribution in [2.24, 2.45) is 0 Å². The number of ether oxygens (including phenoxy) is 2. The van der Waals surface area contributed by atoms with Crippen molar-refractivity contribution < 1.29 is 9.47 Å². The first-order chi connectivity index (χ1) is 7.96. The van der Waals surface area contributed by atoms with Crippen molar-refractivity contribution in [1.29, 1.82) is 0 Å². The third kappa shape index (κ3) is 3.66. The van der Waals surface area contributed by atoms with Gasteiger partial charge in [-0.3, -0.25) is 0 Å². The Labute approximate surface area is 111 Å². The van der Waals surface area contributed by atoms with E-state index < -0.39 is 5.79 Å². The number of hydrogen-bond acceptors (Lipinski definition) is 4. The van der Waals surface area contributed by atoms with Gasteiger partial charge < -0.3 is 14.8 Å². The molecule has 0 amide bonds. The van der Waals surface area contributed by atoms with Crippen molar-refractivity contribution in [3.63, 3.8) is 0 Å². The predicted molar refractivity (Wildman–Crippen MR) is 70.7 cm³/mol. The van der Waals surface area contributed by atoms with Gasteiger partial charge in [0.2, 0.25) is 0 Å². The fourth-order valence-corrected chi connectivity index (χ4v) is 2.86. The summed E-state index contributed by atoms with van der Waals surface area (Å²) in [5.74, 6) is -0.451. The lowest BCUT2D eigenvalue weighted by Gasteiger charge is -2.36. The quantitative estimate of drug-likeness (QED) is 0.919. The van der Waals surface area contributed by atoms with Gasteiger partial charge in [-0.15, -0.1) is 11.3 Å². The van der Waals surface area contributed by atoms with Crippen LogP contribution in [0.25, 0.3) is 0 Å². The van der Waals surface area contributed by atoms with Crippen LogP contribution < -0.4 is 5.32 Å². The van der Waals surface area contributed by atoms with Crippen LogP contribution in [0.15, 0.2) is 12.1 Å². The van der Waals surface area contributed by atoms with E-state index in [4.69, 9.17) is 21.1 Å². The minimum Gasteiger partial charge on any atom is -0.349 e. The summed E-state index contributed by atoms with van der Waals surface area (Å²) >= 11 is 7.53. The number of hydrogen-bond donors (Lipinski definition) is 1. The molecule has 2 heterocycles. The van der Waals surface area contributed by atoms with E-state index in [0.717, 1.165) is 4.34 Å². The summed E-state index contributed by atoms with van der Waals surface area (Å²) in [4.78, 5) is 1.24. The van der Waals surface area contributed by atoms with Crippen LogP contribution >= 0.6 is 22.9 Å². The first-order valence-electron chi connectivity index (χ1n) is 5.75. The fourth-order valence-electron chi connectivity index (χ4n) is 1.79. The molecular formula is C12H18ClNO2S. The molecule has 1 aromatic heterocycles. The smallest absolute Gasteiger partial charge is 0.162 e. The zero-order valence-corrected chi connectivity index (χ0v) is 11.9. The van der Waals surface area contributed by atoms with E-state index in [9.17, 15) is 0 Å². The highest BCUT2D eigenvalue weighted by atomic mass is 35.5. The third-order valence-corrected chi connectivity index (χ3v) is 4.18. The van der Waals surface area contributed by atoms with Crippen molar-refractivity contribution in [2.45, 2.75) is 38.6 Å². The van der Waals surface area contributed by atoms with Crippen LogP contribution in [0.3, 0.4) is 0 Å². The molecule has 5 heteroatoms. The van der Waals surface area contributed by atoms with E-state index in [2.05, 4.69) is 18.3 Å². The van der Waals surface area contributed by atoms with E-state index in [1.165, 1.54) is 4.88 Å². The Kier molecular flexibility index (Phi) is 4.10. The van der Waals surface area contributed by atoms with E-state index in [0.29, 0.717) is 13.2 Å². The van der Waals surface area contributed by atoms with Gasteiger partial charge in [-0.25, -0.2) is 0 Å². The molecule has 0 radical (unpaired) electrons. The molecule has 17 heavy (non-hydrogen) atoms. The summed E-state index contributed by atoms with van der Waals surface area (Å²) in [6.45, 7) is 7.35. The minimum absolute atomic E-state index is 0.235. The lowest BCUT2D eigenvalue weighted by Crippen LogP contribution is -2.49. The average Bonchev–Trinajstić information content (AvgIpc) is 2.68. The Bertz CT molecular complexity index is 370. The molecule has 1 aliphatic heterocycles. The Morgan fingerprint density at radius 3 is 2.59 bits per heavy atom. The second-order valence-corrected chi connectivity index (χ2v) is 6.50. The molecule has 1 saturated heterocycles. The fraction of sp³-hybridized carbons (Fsp3) is 0.667. The maximum absolute atomic E-state index is 5.93. The van der Waals surface area contributed by atoms with Gasteiger partial charge in [0.25, 0.3) is 0 Å². The molecule has 0 aromatic carbocycles. The molecule has 96 valence electrons. The van der Waals surface area contributed by atoms with Gasteiger partial charge in [0.15, 0.2) is 5.79 Å². The molecule has 1 fully saturated rings. The lowest BCUT2D eigenvalue weighted by molar-refractivity contribution is -0.253. The molecule has 0 bridgehead atoms. The van der Waals surface area contributed by atoms with Crippen molar-refractivity contribution in [3.05, 3.63) is 21.3 Å². The Hall–Kier alpha value is -0.130. The normalized spacial score (nSPS) is 22.6. The minimum atomic E-state index is -0.451. The molecular weight excluding hydrogens is 258 g/mol. The molecule has 2 rings (SSSR count). The maximum atomic E-state index is 5.93. The molecule has 1 aliphatic rings. The van der Waals surface area contributed by atoms with Crippen LogP contribution in [-0.2, 0) is 9.47 Å². The molecule has 1 aromatic rings. The second-order valence-electron chi connectivity index (χ2n) is 4.75. The molecule has 0 saturated carbocycles. The van der Waals surface area contributed by atoms with E-state index >= 15 is 0 Å². The average molecular weight is 276 g/mol. The van der Waals surface area contributed by atoms with Crippen molar-refractivity contribution in [2.75, 3.05) is 13.2 Å². The zero-order valence-electron chi connectivity index (χ0n) is 10.3. The highest BCUT2D eigenvalue weighted by molar-refractivity contribution is 7.16. The van der Waals surface area contributed by atoms with Crippen LogP contribution in [0.5, 0.6) is 0 Å². The van der Waals surface area contributed by atoms with Gasteiger partial charge in [0.1, 0.15) is 0 Å². The number of nitrogens with one attached hydrogen (secondary N) is 1. The number of thiophene rings is 1. The highest BCUT2D eigenvalue weighted by Crippen LogP contribution is 2.27. The zero-order chi connectivity index (χ0) is 12.5. The summed E-state index contributed by atoms with van der Waals surface area (Å²) < 4.78 is 12.0. The Morgan fingerprint density at radius 1 is 1.41 bits per heavy atom. The monoisotopic (exact) mass is 275 g/mol. The van der Waals surface area contributed by atoms with Gasteiger partial charge in [0.05, 0.1) is 23.6 Å². The van der Waals surface area contributed by atoms with E-state index in [-0.39, 0.29) is 12.1 Å². The summed E-state index contributed by atoms with van der Waals surface area (Å²) in [7, 11) is 0. The van der Waals surface area contributed by atoms with Gasteiger partial charge in [-0.2, -0.15) is 0 Å². The van der Waals surface area contributed by atoms with Gasteiger partial charge in [-0.05, 0) is 32.9 Å². The van der Waals surface area contributed by atoms with E-state index in [1.54, 1.807) is 11.3 Å². The largest absolute Gasteiger partial charge is 0.349 e. The molecule has 1 N–H and O–H groups in total. The van der Waals surface area contributed by atoms with Crippen LogP contribution in [-0.4, -0.2) is 25.0 Å². The summed E-state index contributed by atoms with van der Waals surface area (Å²) in [6, 6.07) is 4.49. The van der Waals surface area contributed by atoms with Crippen LogP contribution in [0.4, 0.5) is 0 Å².